The highest BCUT2D eigenvalue weighted by Gasteiger charge is 2.26. The number of para-hydroxylation sites is 1. The van der Waals surface area contributed by atoms with Crippen LogP contribution < -0.4 is 4.74 Å². The molecule has 4 heteroatoms. The molecule has 0 saturated carbocycles. The van der Waals surface area contributed by atoms with Crippen molar-refractivity contribution in [3.05, 3.63) is 65.7 Å². The number of rotatable bonds is 2. The number of ether oxygens (including phenoxy) is 2. The molecule has 2 aliphatic heterocycles. The van der Waals surface area contributed by atoms with Gasteiger partial charge in [-0.15, -0.1) is 0 Å². The molecule has 0 amide bonds. The van der Waals surface area contributed by atoms with Crippen molar-refractivity contribution in [2.75, 3.05) is 26.3 Å². The van der Waals surface area contributed by atoms with E-state index in [-0.39, 0.29) is 6.10 Å². The highest BCUT2D eigenvalue weighted by Crippen LogP contribution is 2.35. The number of fused-ring (bicyclic) bond motifs is 1. The van der Waals surface area contributed by atoms with Crippen LogP contribution in [0.25, 0.3) is 0 Å². The predicted octanol–water partition coefficient (Wildman–Crippen LogP) is 3.25. The van der Waals surface area contributed by atoms with Crippen LogP contribution >= 0.6 is 0 Å². The molecule has 0 bridgehead atoms. The molecule has 0 spiro atoms. The van der Waals surface area contributed by atoms with Crippen molar-refractivity contribution in [1.29, 1.82) is 0 Å². The lowest BCUT2D eigenvalue weighted by molar-refractivity contribution is 0.0390. The number of benzene rings is 2. The lowest BCUT2D eigenvalue weighted by Crippen LogP contribution is -2.34. The first-order valence-corrected chi connectivity index (χ1v) is 8.11. The fourth-order valence-electron chi connectivity index (χ4n) is 3.06. The number of hydrogen-bond donors (Lipinski definition) is 0. The highest BCUT2D eigenvalue weighted by molar-refractivity contribution is 6.04. The minimum absolute atomic E-state index is 0.0193. The molecular weight excluding hydrogens is 288 g/mol. The molecule has 2 aliphatic rings. The van der Waals surface area contributed by atoms with Gasteiger partial charge in [0.2, 0.25) is 0 Å². The van der Waals surface area contributed by atoms with Crippen molar-refractivity contribution in [3.8, 4) is 5.75 Å². The zero-order valence-electron chi connectivity index (χ0n) is 13.0. The summed E-state index contributed by atoms with van der Waals surface area (Å²) in [7, 11) is 0. The number of hydrazone groups is 1. The van der Waals surface area contributed by atoms with Crippen LogP contribution in [0.2, 0.25) is 0 Å². The topological polar surface area (TPSA) is 34.1 Å². The molecule has 4 rings (SSSR count). The second kappa shape index (κ2) is 6.42. The van der Waals surface area contributed by atoms with Gasteiger partial charge in [0.1, 0.15) is 11.9 Å². The van der Waals surface area contributed by atoms with Crippen LogP contribution in [0, 0.1) is 0 Å². The fraction of sp³-hybridized carbons (Fsp3) is 0.316. The first-order valence-electron chi connectivity index (χ1n) is 8.11. The molecule has 2 heterocycles. The van der Waals surface area contributed by atoms with Gasteiger partial charge in [-0.3, -0.25) is 5.01 Å². The Hall–Kier alpha value is -2.33. The van der Waals surface area contributed by atoms with Gasteiger partial charge >= 0.3 is 0 Å². The second-order valence-corrected chi connectivity index (χ2v) is 5.83. The van der Waals surface area contributed by atoms with Gasteiger partial charge in [0, 0.05) is 12.0 Å². The number of nitrogens with zero attached hydrogens (tertiary/aromatic N) is 2. The summed E-state index contributed by atoms with van der Waals surface area (Å²) in [6.07, 6.45) is 0.809. The standard InChI is InChI=1S/C19H20N2O2/c1-2-6-15(7-3-1)19-14-17(20-21-10-12-22-13-11-21)16-8-4-5-9-18(16)23-19/h1-9,19H,10-14H2/b20-17-. The second-order valence-electron chi connectivity index (χ2n) is 5.83. The van der Waals surface area contributed by atoms with E-state index in [4.69, 9.17) is 14.6 Å². The van der Waals surface area contributed by atoms with E-state index in [1.807, 2.05) is 24.3 Å². The average molecular weight is 308 g/mol. The van der Waals surface area contributed by atoms with E-state index < -0.39 is 0 Å². The molecule has 1 atom stereocenters. The van der Waals surface area contributed by atoms with Crippen molar-refractivity contribution >= 4 is 5.71 Å². The Morgan fingerprint density at radius 3 is 2.48 bits per heavy atom. The summed E-state index contributed by atoms with van der Waals surface area (Å²) < 4.78 is 11.6. The number of morpholine rings is 1. The quantitative estimate of drug-likeness (QED) is 0.854. The molecule has 1 saturated heterocycles. The maximum atomic E-state index is 6.21. The summed E-state index contributed by atoms with van der Waals surface area (Å²) >= 11 is 0. The monoisotopic (exact) mass is 308 g/mol. The third-order valence-corrected chi connectivity index (χ3v) is 4.27. The van der Waals surface area contributed by atoms with E-state index >= 15 is 0 Å². The van der Waals surface area contributed by atoms with Gasteiger partial charge in [-0.25, -0.2) is 0 Å². The van der Waals surface area contributed by atoms with E-state index in [0.29, 0.717) is 0 Å². The average Bonchev–Trinajstić information content (AvgIpc) is 2.63. The minimum atomic E-state index is 0.0193. The van der Waals surface area contributed by atoms with E-state index in [0.717, 1.165) is 49.7 Å². The van der Waals surface area contributed by atoms with Gasteiger partial charge in [-0.2, -0.15) is 5.10 Å². The maximum Gasteiger partial charge on any atom is 0.129 e. The van der Waals surface area contributed by atoms with Crippen molar-refractivity contribution in [1.82, 2.24) is 5.01 Å². The van der Waals surface area contributed by atoms with Crippen LogP contribution in [-0.2, 0) is 4.74 Å². The van der Waals surface area contributed by atoms with Gasteiger partial charge in [-0.1, -0.05) is 42.5 Å². The van der Waals surface area contributed by atoms with E-state index in [9.17, 15) is 0 Å². The summed E-state index contributed by atoms with van der Waals surface area (Å²) in [5.41, 5.74) is 3.39. The lowest BCUT2D eigenvalue weighted by atomic mass is 9.96. The Morgan fingerprint density at radius 1 is 0.913 bits per heavy atom. The third kappa shape index (κ3) is 3.08. The van der Waals surface area contributed by atoms with Crippen LogP contribution in [0.5, 0.6) is 5.75 Å². The molecule has 0 aromatic heterocycles. The van der Waals surface area contributed by atoms with Gasteiger partial charge < -0.3 is 9.47 Å². The largest absolute Gasteiger partial charge is 0.485 e. The van der Waals surface area contributed by atoms with E-state index in [1.165, 1.54) is 5.56 Å². The Kier molecular flexibility index (Phi) is 3.99. The minimum Gasteiger partial charge on any atom is -0.485 e. The molecule has 23 heavy (non-hydrogen) atoms. The molecule has 2 aromatic carbocycles. The molecular formula is C19H20N2O2. The Labute approximate surface area is 136 Å². The van der Waals surface area contributed by atoms with Gasteiger partial charge in [-0.05, 0) is 17.7 Å². The lowest BCUT2D eigenvalue weighted by Gasteiger charge is -2.30. The van der Waals surface area contributed by atoms with Crippen LogP contribution in [0.4, 0.5) is 0 Å². The van der Waals surface area contributed by atoms with Crippen molar-refractivity contribution in [3.63, 3.8) is 0 Å². The van der Waals surface area contributed by atoms with E-state index in [1.54, 1.807) is 0 Å². The van der Waals surface area contributed by atoms with Crippen LogP contribution in [-0.4, -0.2) is 37.0 Å². The van der Waals surface area contributed by atoms with Gasteiger partial charge in [0.25, 0.3) is 0 Å². The van der Waals surface area contributed by atoms with Crippen LogP contribution in [0.15, 0.2) is 59.7 Å². The summed E-state index contributed by atoms with van der Waals surface area (Å²) in [5, 5.41) is 7.02. The van der Waals surface area contributed by atoms with Crippen molar-refractivity contribution in [2.24, 2.45) is 5.10 Å². The molecule has 1 unspecified atom stereocenters. The van der Waals surface area contributed by atoms with Gasteiger partial charge in [0.05, 0.1) is 32.0 Å². The van der Waals surface area contributed by atoms with Crippen LogP contribution in [0.1, 0.15) is 23.7 Å². The smallest absolute Gasteiger partial charge is 0.129 e. The Morgan fingerprint density at radius 2 is 1.65 bits per heavy atom. The summed E-state index contributed by atoms with van der Waals surface area (Å²) in [4.78, 5) is 0. The predicted molar refractivity (Wildman–Crippen MR) is 89.8 cm³/mol. The SMILES string of the molecule is c1ccc(C2C/C(=N/N3CCOCC3)c3ccccc3O2)cc1. The summed E-state index contributed by atoms with van der Waals surface area (Å²) in [6.45, 7) is 3.19. The molecule has 0 N–H and O–H groups in total. The summed E-state index contributed by atoms with van der Waals surface area (Å²) in [6, 6.07) is 18.5. The first-order chi connectivity index (χ1) is 11.4. The third-order valence-electron chi connectivity index (χ3n) is 4.27. The zero-order chi connectivity index (χ0) is 15.5. The Balaban J connectivity index is 1.67. The normalized spacial score (nSPS) is 22.5. The zero-order valence-corrected chi connectivity index (χ0v) is 13.0. The van der Waals surface area contributed by atoms with Gasteiger partial charge in [0.15, 0.2) is 0 Å². The molecule has 1 fully saturated rings. The fourth-order valence-corrected chi connectivity index (χ4v) is 3.06. The van der Waals surface area contributed by atoms with E-state index in [2.05, 4.69) is 35.3 Å². The van der Waals surface area contributed by atoms with Crippen molar-refractivity contribution in [2.45, 2.75) is 12.5 Å². The molecule has 0 radical (unpaired) electrons. The maximum absolute atomic E-state index is 6.21. The molecule has 118 valence electrons. The van der Waals surface area contributed by atoms with Crippen LogP contribution in [0.3, 0.4) is 0 Å². The number of hydrogen-bond acceptors (Lipinski definition) is 4. The molecule has 0 aliphatic carbocycles. The first kappa shape index (κ1) is 14.3. The van der Waals surface area contributed by atoms with Crippen molar-refractivity contribution < 1.29 is 9.47 Å². The summed E-state index contributed by atoms with van der Waals surface area (Å²) in [5.74, 6) is 0.916. The molecule has 4 nitrogen and oxygen atoms in total. The highest BCUT2D eigenvalue weighted by atomic mass is 16.5. The Bertz CT molecular complexity index is 694. The molecule has 2 aromatic rings.